The van der Waals surface area contributed by atoms with Gasteiger partial charge in [-0.25, -0.2) is 0 Å². The quantitative estimate of drug-likeness (QED) is 0.749. The van der Waals surface area contributed by atoms with Crippen molar-refractivity contribution in [2.75, 3.05) is 11.6 Å². The van der Waals surface area contributed by atoms with Gasteiger partial charge in [-0.1, -0.05) is 0 Å². The molecule has 1 aromatic heterocycles. The molecular weight excluding hydrogens is 194 g/mol. The second kappa shape index (κ2) is 3.82. The van der Waals surface area contributed by atoms with Gasteiger partial charge in [0.05, 0.1) is 12.6 Å². The van der Waals surface area contributed by atoms with E-state index in [1.807, 2.05) is 0 Å². The lowest BCUT2D eigenvalue weighted by atomic mass is 10.2. The fraction of sp³-hybridized carbons (Fsp3) is 0.444. The monoisotopic (exact) mass is 207 g/mol. The predicted molar refractivity (Wildman–Crippen MR) is 56.4 cm³/mol. The Balaban J connectivity index is 2.24. The van der Waals surface area contributed by atoms with Crippen LogP contribution in [0.4, 0.5) is 5.82 Å². The van der Waals surface area contributed by atoms with Crippen molar-refractivity contribution < 1.29 is 4.79 Å². The van der Waals surface area contributed by atoms with Crippen LogP contribution >= 0.6 is 0 Å². The smallest absolute Gasteiger partial charge is 0.254 e. The van der Waals surface area contributed by atoms with Crippen LogP contribution in [0, 0.1) is 0 Å². The van der Waals surface area contributed by atoms with Crippen molar-refractivity contribution in [3.05, 3.63) is 12.3 Å². The molecular formula is C9H13N5O. The second-order valence-electron chi connectivity index (χ2n) is 3.40. The van der Waals surface area contributed by atoms with Crippen LogP contribution in [0.1, 0.15) is 12.8 Å². The van der Waals surface area contributed by atoms with Gasteiger partial charge < -0.3 is 5.73 Å². The Kier molecular flexibility index (Phi) is 2.51. The summed E-state index contributed by atoms with van der Waals surface area (Å²) in [7, 11) is 1.78. The molecule has 0 fully saturated rings. The zero-order valence-corrected chi connectivity index (χ0v) is 8.55. The Morgan fingerprint density at radius 3 is 3.00 bits per heavy atom. The first kappa shape index (κ1) is 9.85. The molecule has 0 aromatic carbocycles. The first-order chi connectivity index (χ1) is 7.22. The Hall–Kier alpha value is -1.69. The molecule has 0 radical (unpaired) electrons. The summed E-state index contributed by atoms with van der Waals surface area (Å²) in [4.78, 5) is 11.6. The lowest BCUT2D eigenvalue weighted by Gasteiger charge is -2.10. The zero-order valence-electron chi connectivity index (χ0n) is 8.55. The van der Waals surface area contributed by atoms with E-state index in [9.17, 15) is 4.79 Å². The van der Waals surface area contributed by atoms with Crippen molar-refractivity contribution in [3.8, 4) is 0 Å². The van der Waals surface area contributed by atoms with Crippen molar-refractivity contribution in [3.63, 3.8) is 0 Å². The van der Waals surface area contributed by atoms with Crippen molar-refractivity contribution in [2.45, 2.75) is 12.8 Å². The minimum absolute atomic E-state index is 0.0259. The number of aromatic nitrogens is 2. The van der Waals surface area contributed by atoms with Gasteiger partial charge in [0.15, 0.2) is 5.82 Å². The van der Waals surface area contributed by atoms with E-state index in [4.69, 9.17) is 5.73 Å². The highest BCUT2D eigenvalue weighted by Crippen LogP contribution is 2.19. The topological polar surface area (TPSA) is 76.5 Å². The van der Waals surface area contributed by atoms with E-state index in [0.29, 0.717) is 25.2 Å². The number of amides is 1. The van der Waals surface area contributed by atoms with E-state index in [0.717, 1.165) is 5.71 Å². The number of hydrogen-bond donors (Lipinski definition) is 1. The molecule has 2 N–H and O–H groups in total. The first-order valence-electron chi connectivity index (χ1n) is 4.79. The van der Waals surface area contributed by atoms with E-state index in [2.05, 4.69) is 10.2 Å². The van der Waals surface area contributed by atoms with Crippen molar-refractivity contribution in [1.29, 1.82) is 0 Å². The van der Waals surface area contributed by atoms with E-state index in [-0.39, 0.29) is 5.91 Å². The third-order valence-corrected chi connectivity index (χ3v) is 2.28. The van der Waals surface area contributed by atoms with Crippen molar-refractivity contribution in [2.24, 2.45) is 17.9 Å². The molecule has 6 nitrogen and oxygen atoms in total. The average molecular weight is 207 g/mol. The molecule has 2 heterocycles. The highest BCUT2D eigenvalue weighted by atomic mass is 16.2. The van der Waals surface area contributed by atoms with Crippen molar-refractivity contribution >= 4 is 17.4 Å². The number of carbonyl (C=O) groups is 1. The standard InChI is InChI=1S/C9H13N5O/c1-13-8(3-5-11-13)14-9(15)6-7(12-14)2-4-10/h3,5H,2,4,6,10H2,1H3. The van der Waals surface area contributed by atoms with Gasteiger partial charge in [-0.05, 0) is 6.54 Å². The Bertz CT molecular complexity index is 408. The summed E-state index contributed by atoms with van der Waals surface area (Å²) in [5.41, 5.74) is 6.26. The third kappa shape index (κ3) is 1.75. The number of anilines is 1. The summed E-state index contributed by atoms with van der Waals surface area (Å²) in [5.74, 6) is 0.661. The summed E-state index contributed by atoms with van der Waals surface area (Å²) >= 11 is 0. The van der Waals surface area contributed by atoms with E-state index < -0.39 is 0 Å². The summed E-state index contributed by atoms with van der Waals surface area (Å²) in [6.45, 7) is 0.519. The van der Waals surface area contributed by atoms with Gasteiger partial charge >= 0.3 is 0 Å². The average Bonchev–Trinajstić information content (AvgIpc) is 2.73. The molecule has 1 aliphatic rings. The molecule has 2 rings (SSSR count). The molecule has 1 aliphatic heterocycles. The lowest BCUT2D eigenvalue weighted by molar-refractivity contribution is -0.117. The Morgan fingerprint density at radius 1 is 1.60 bits per heavy atom. The normalized spacial score (nSPS) is 16.0. The molecule has 0 spiro atoms. The maximum absolute atomic E-state index is 11.6. The molecule has 15 heavy (non-hydrogen) atoms. The minimum Gasteiger partial charge on any atom is -0.330 e. The van der Waals surface area contributed by atoms with Gasteiger partial charge in [0.1, 0.15) is 0 Å². The maximum atomic E-state index is 11.6. The third-order valence-electron chi connectivity index (χ3n) is 2.28. The van der Waals surface area contributed by atoms with Crippen LogP contribution < -0.4 is 10.7 Å². The second-order valence-corrected chi connectivity index (χ2v) is 3.40. The summed E-state index contributed by atoms with van der Waals surface area (Å²) < 4.78 is 1.62. The molecule has 0 atom stereocenters. The van der Waals surface area contributed by atoms with Gasteiger partial charge in [-0.3, -0.25) is 9.48 Å². The Labute approximate surface area is 87.3 Å². The van der Waals surface area contributed by atoms with Crippen LogP contribution in [-0.4, -0.2) is 27.9 Å². The number of aryl methyl sites for hydroxylation is 1. The fourth-order valence-electron chi connectivity index (χ4n) is 1.54. The van der Waals surface area contributed by atoms with Gasteiger partial charge in [0.25, 0.3) is 5.91 Å². The number of carbonyl (C=O) groups excluding carboxylic acids is 1. The van der Waals surface area contributed by atoms with Gasteiger partial charge in [-0.2, -0.15) is 15.2 Å². The van der Waals surface area contributed by atoms with Crippen LogP contribution in [0.5, 0.6) is 0 Å². The minimum atomic E-state index is -0.0259. The highest BCUT2D eigenvalue weighted by Gasteiger charge is 2.26. The first-order valence-corrected chi connectivity index (χ1v) is 4.79. The van der Waals surface area contributed by atoms with Crippen LogP contribution in [0.25, 0.3) is 0 Å². The number of nitrogens with two attached hydrogens (primary N) is 1. The summed E-state index contributed by atoms with van der Waals surface area (Å²) in [6.07, 6.45) is 2.67. The van der Waals surface area contributed by atoms with Crippen LogP contribution in [0.2, 0.25) is 0 Å². The van der Waals surface area contributed by atoms with E-state index in [1.165, 1.54) is 5.01 Å². The van der Waals surface area contributed by atoms with Gasteiger partial charge in [-0.15, -0.1) is 0 Å². The maximum Gasteiger partial charge on any atom is 0.254 e. The van der Waals surface area contributed by atoms with Crippen LogP contribution in [0.3, 0.4) is 0 Å². The molecule has 0 saturated heterocycles. The molecule has 0 unspecified atom stereocenters. The fourth-order valence-corrected chi connectivity index (χ4v) is 1.54. The predicted octanol–water partition coefficient (Wildman–Crippen LogP) is -0.138. The summed E-state index contributed by atoms with van der Waals surface area (Å²) in [6, 6.07) is 1.76. The molecule has 0 aliphatic carbocycles. The molecule has 0 bridgehead atoms. The van der Waals surface area contributed by atoms with E-state index in [1.54, 1.807) is 24.0 Å². The van der Waals surface area contributed by atoms with E-state index >= 15 is 0 Å². The number of nitrogens with zero attached hydrogens (tertiary/aromatic N) is 4. The van der Waals surface area contributed by atoms with Gasteiger partial charge in [0, 0.05) is 25.2 Å². The van der Waals surface area contributed by atoms with Crippen LogP contribution in [0.15, 0.2) is 17.4 Å². The zero-order chi connectivity index (χ0) is 10.8. The van der Waals surface area contributed by atoms with Crippen molar-refractivity contribution in [1.82, 2.24) is 9.78 Å². The van der Waals surface area contributed by atoms with Gasteiger partial charge in [0.2, 0.25) is 0 Å². The Morgan fingerprint density at radius 2 is 2.40 bits per heavy atom. The molecule has 1 amide bonds. The number of hydrazone groups is 1. The molecule has 0 saturated carbocycles. The molecule has 80 valence electrons. The number of hydrogen-bond acceptors (Lipinski definition) is 4. The number of rotatable bonds is 3. The van der Waals surface area contributed by atoms with Crippen LogP contribution in [-0.2, 0) is 11.8 Å². The largest absolute Gasteiger partial charge is 0.330 e. The highest BCUT2D eigenvalue weighted by molar-refractivity contribution is 6.12. The summed E-state index contributed by atoms with van der Waals surface area (Å²) in [5, 5.41) is 9.60. The SMILES string of the molecule is Cn1nccc1N1N=C(CCN)CC1=O. The molecule has 6 heteroatoms. The molecule has 1 aromatic rings. The lowest BCUT2D eigenvalue weighted by Crippen LogP contribution is -2.22.